The van der Waals surface area contributed by atoms with E-state index in [-0.39, 0.29) is 309 Å². The molecule has 8 radical (unpaired) electrons. The Balaban J connectivity index is 0. The Morgan fingerprint density at radius 3 is 0.125 bits per heavy atom. The van der Waals surface area contributed by atoms with Gasteiger partial charge in [0.15, 0.2) is 0 Å². The Morgan fingerprint density at radius 2 is 0.125 bits per heavy atom. The van der Waals surface area contributed by atoms with Crippen LogP contribution in [0.1, 0.15) is 0 Å². The fourth-order valence-corrected chi connectivity index (χ4v) is 0. The molecule has 0 saturated carbocycles. The molecule has 0 nitrogen and oxygen atoms in total. The van der Waals surface area contributed by atoms with Gasteiger partial charge in [-0.05, 0) is 0 Å². The molecule has 0 atom stereocenters. The predicted octanol–water partition coefficient (Wildman–Crippen LogP) is 0. The van der Waals surface area contributed by atoms with E-state index < -0.39 is 0 Å². The van der Waals surface area contributed by atoms with Crippen LogP contribution in [0.15, 0.2) is 0 Å². The normalized spacial score (nSPS) is 0. The summed E-state index contributed by atoms with van der Waals surface area (Å²) in [5.41, 5.74) is 0. The fourth-order valence-electron chi connectivity index (χ4n) is 0. The minimum Gasteiger partial charge on any atom is 0 e. The van der Waals surface area contributed by atoms with Crippen LogP contribution in [0, 0.1) is 309 Å². The molecule has 72 valence electrons. The molecule has 0 aromatic carbocycles. The summed E-state index contributed by atoms with van der Waals surface area (Å²) in [5, 5.41) is 0. The fraction of sp³-hybridized carbons (Fsp3) is 0. The summed E-state index contributed by atoms with van der Waals surface area (Å²) >= 11 is 0. The van der Waals surface area contributed by atoms with Gasteiger partial charge in [-0.15, -0.1) is 0 Å². The third-order valence-electron chi connectivity index (χ3n) is 0. The second-order valence-corrected chi connectivity index (χ2v) is 0. The van der Waals surface area contributed by atoms with Crippen LogP contribution in [0.2, 0.25) is 0 Å². The monoisotopic (exact) mass is 1270 g/mol. The van der Waals surface area contributed by atoms with E-state index in [1.165, 1.54) is 0 Å². The zero-order chi connectivity index (χ0) is 0. The SMILES string of the molecule is [Tb].[Tb].[Tb].[Tb].[Tb].[Tb].[Tb].[Tb]. The molecule has 8 heavy (non-hydrogen) atoms. The van der Waals surface area contributed by atoms with Crippen LogP contribution in [0.3, 0.4) is 0 Å². The standard InChI is InChI=1S/8Tb. The van der Waals surface area contributed by atoms with Crippen LogP contribution in [0.5, 0.6) is 0 Å². The van der Waals surface area contributed by atoms with Crippen molar-refractivity contribution in [3.05, 3.63) is 0 Å². The molecule has 0 N–H and O–H groups in total. The second kappa shape index (κ2) is 43.3. The summed E-state index contributed by atoms with van der Waals surface area (Å²) in [6.07, 6.45) is 0. The van der Waals surface area contributed by atoms with Crippen molar-refractivity contribution in [3.63, 3.8) is 0 Å². The van der Waals surface area contributed by atoms with E-state index in [2.05, 4.69) is 0 Å². The van der Waals surface area contributed by atoms with Crippen molar-refractivity contribution < 1.29 is 309 Å². The Labute approximate surface area is 297 Å². The van der Waals surface area contributed by atoms with E-state index in [1.54, 1.807) is 0 Å². The van der Waals surface area contributed by atoms with Crippen LogP contribution >= 0.6 is 0 Å². The third-order valence-corrected chi connectivity index (χ3v) is 0. The smallest absolute Gasteiger partial charge is 0 e. The molecular weight excluding hydrogens is 1270 g/mol. The van der Waals surface area contributed by atoms with Crippen LogP contribution in [-0.4, -0.2) is 0 Å². The Kier molecular flexibility index (Phi) is 280. The summed E-state index contributed by atoms with van der Waals surface area (Å²) in [4.78, 5) is 0. The van der Waals surface area contributed by atoms with Crippen LogP contribution < -0.4 is 0 Å². The first kappa shape index (κ1) is 51.6. The molecule has 0 fully saturated rings. The molecule has 0 bridgehead atoms. The Hall–Kier alpha value is 10.3. The number of hydrogen-bond donors (Lipinski definition) is 0. The van der Waals surface area contributed by atoms with E-state index in [0.717, 1.165) is 0 Å². The van der Waals surface area contributed by atoms with Crippen molar-refractivity contribution in [3.8, 4) is 0 Å². The van der Waals surface area contributed by atoms with Crippen molar-refractivity contribution in [2.24, 2.45) is 0 Å². The molecule has 0 unspecified atom stereocenters. The van der Waals surface area contributed by atoms with Crippen molar-refractivity contribution >= 4 is 0 Å². The molecule has 0 amide bonds. The minimum atomic E-state index is 0. The largest absolute Gasteiger partial charge is 0 e. The summed E-state index contributed by atoms with van der Waals surface area (Å²) in [5.74, 6) is 0. The predicted molar refractivity (Wildman–Crippen MR) is 0 cm³/mol. The maximum absolute atomic E-state index is 0. The van der Waals surface area contributed by atoms with E-state index in [1.807, 2.05) is 0 Å². The summed E-state index contributed by atoms with van der Waals surface area (Å²) < 4.78 is 0. The van der Waals surface area contributed by atoms with Gasteiger partial charge in [0.2, 0.25) is 0 Å². The molecule has 0 spiro atoms. The van der Waals surface area contributed by atoms with Crippen LogP contribution in [0.4, 0.5) is 0 Å². The van der Waals surface area contributed by atoms with E-state index in [0.29, 0.717) is 0 Å². The zero-order valence-corrected chi connectivity index (χ0v) is 19.8. The molecule has 0 aliphatic carbocycles. The molecule has 0 aliphatic heterocycles. The van der Waals surface area contributed by atoms with Crippen molar-refractivity contribution in [1.82, 2.24) is 0 Å². The van der Waals surface area contributed by atoms with Gasteiger partial charge in [-0.3, -0.25) is 0 Å². The third kappa shape index (κ3) is 36.0. The Bertz CT molecular complexity index is 0. The van der Waals surface area contributed by atoms with Gasteiger partial charge < -0.3 is 0 Å². The molecule has 8 heteroatoms. The summed E-state index contributed by atoms with van der Waals surface area (Å²) in [7, 11) is 0. The average Bonchev–Trinajstić information content (AvgIpc) is 0. The van der Waals surface area contributed by atoms with E-state index >= 15 is 0 Å². The van der Waals surface area contributed by atoms with Crippen molar-refractivity contribution in [1.29, 1.82) is 0 Å². The minimum absolute atomic E-state index is 0. The van der Waals surface area contributed by atoms with Crippen molar-refractivity contribution in [2.45, 2.75) is 0 Å². The number of hydrogen-bond acceptors (Lipinski definition) is 0. The van der Waals surface area contributed by atoms with Gasteiger partial charge in [-0.1, -0.05) is 0 Å². The molecular formula is Tb8. The first-order valence-corrected chi connectivity index (χ1v) is 0. The van der Waals surface area contributed by atoms with Gasteiger partial charge in [-0.2, -0.15) is 0 Å². The summed E-state index contributed by atoms with van der Waals surface area (Å²) in [6.45, 7) is 0. The molecule has 0 aromatic heterocycles. The first-order chi connectivity index (χ1) is 0. The van der Waals surface area contributed by atoms with E-state index in [9.17, 15) is 0 Å². The second-order valence-electron chi connectivity index (χ2n) is 0. The van der Waals surface area contributed by atoms with Gasteiger partial charge in [0.05, 0.1) is 0 Å². The van der Waals surface area contributed by atoms with Gasteiger partial charge in [0.25, 0.3) is 0 Å². The van der Waals surface area contributed by atoms with Gasteiger partial charge >= 0.3 is 0 Å². The molecule has 0 rings (SSSR count). The average molecular weight is 1270 g/mol. The first-order valence-electron chi connectivity index (χ1n) is 0. The summed E-state index contributed by atoms with van der Waals surface area (Å²) in [6, 6.07) is 0. The maximum atomic E-state index is 0. The Morgan fingerprint density at radius 1 is 0.125 bits per heavy atom. The van der Waals surface area contributed by atoms with Gasteiger partial charge in [-0.25, -0.2) is 0 Å². The van der Waals surface area contributed by atoms with Gasteiger partial charge in [0, 0.05) is 309 Å². The molecule has 0 heterocycles. The van der Waals surface area contributed by atoms with Crippen LogP contribution in [-0.2, 0) is 0 Å². The quantitative estimate of drug-likeness (QED) is 0.321. The van der Waals surface area contributed by atoms with E-state index in [4.69, 9.17) is 0 Å². The molecule has 0 aromatic rings. The molecule has 0 aliphatic rings. The zero-order valence-electron chi connectivity index (χ0n) is 2.67. The van der Waals surface area contributed by atoms with Crippen molar-refractivity contribution in [2.75, 3.05) is 0 Å². The molecule has 0 saturated heterocycles. The van der Waals surface area contributed by atoms with Crippen LogP contribution in [0.25, 0.3) is 0 Å². The number of rotatable bonds is 0. The van der Waals surface area contributed by atoms with Gasteiger partial charge in [0.1, 0.15) is 0 Å². The topological polar surface area (TPSA) is 0 Å². The maximum Gasteiger partial charge on any atom is 0 e.